The molecule has 208 valence electrons. The number of nitrogens with two attached hydrogens (primary N) is 1. The van der Waals surface area contributed by atoms with E-state index in [2.05, 4.69) is 52.4 Å². The topological polar surface area (TPSA) is 60.0 Å². The Hall–Kier alpha value is -3.35. The number of halogens is 1. The molecule has 2 N–H and O–H groups in total. The third-order valence-corrected chi connectivity index (χ3v) is 8.96. The van der Waals surface area contributed by atoms with Gasteiger partial charge >= 0.3 is 0 Å². The first-order valence-corrected chi connectivity index (χ1v) is 14.9. The highest BCUT2D eigenvalue weighted by Crippen LogP contribution is 2.32. The van der Waals surface area contributed by atoms with Gasteiger partial charge in [0.05, 0.1) is 17.6 Å². The smallest absolute Gasteiger partial charge is 0.126 e. The quantitative estimate of drug-likeness (QED) is 0.246. The number of imidazole rings is 1. The molecule has 1 aliphatic carbocycles. The van der Waals surface area contributed by atoms with Gasteiger partial charge in [0, 0.05) is 30.4 Å². The van der Waals surface area contributed by atoms with Crippen LogP contribution in [0.3, 0.4) is 0 Å². The van der Waals surface area contributed by atoms with Crippen LogP contribution in [0.4, 0.5) is 4.39 Å². The molecule has 40 heavy (non-hydrogen) atoms. The Morgan fingerprint density at radius 2 is 1.82 bits per heavy atom. The summed E-state index contributed by atoms with van der Waals surface area (Å²) in [5.74, 6) is 2.25. The van der Waals surface area contributed by atoms with Crippen LogP contribution in [0, 0.1) is 11.7 Å². The van der Waals surface area contributed by atoms with Gasteiger partial charge in [0.15, 0.2) is 0 Å². The van der Waals surface area contributed by atoms with E-state index in [0.717, 1.165) is 79.3 Å². The number of rotatable bonds is 10. The second-order valence-corrected chi connectivity index (χ2v) is 11.6. The minimum Gasteiger partial charge on any atom is -0.327 e. The van der Waals surface area contributed by atoms with Crippen molar-refractivity contribution in [2.24, 2.45) is 11.7 Å². The van der Waals surface area contributed by atoms with Crippen molar-refractivity contribution in [3.63, 3.8) is 0 Å². The number of pyridine rings is 1. The van der Waals surface area contributed by atoms with E-state index < -0.39 is 0 Å². The predicted molar refractivity (Wildman–Crippen MR) is 160 cm³/mol. The van der Waals surface area contributed by atoms with Crippen molar-refractivity contribution in [3.8, 4) is 0 Å². The second kappa shape index (κ2) is 12.0. The van der Waals surface area contributed by atoms with E-state index in [1.54, 1.807) is 6.07 Å². The molecule has 6 heteroatoms. The number of aryl methyl sites for hydroxylation is 2. The first-order valence-electron chi connectivity index (χ1n) is 14.9. The van der Waals surface area contributed by atoms with Crippen LogP contribution in [0.25, 0.3) is 17.1 Å². The zero-order chi connectivity index (χ0) is 27.5. The van der Waals surface area contributed by atoms with Crippen molar-refractivity contribution in [1.82, 2.24) is 19.4 Å². The van der Waals surface area contributed by atoms with Gasteiger partial charge in [0.25, 0.3) is 0 Å². The minimum absolute atomic E-state index is 0.172. The third kappa shape index (κ3) is 5.89. The van der Waals surface area contributed by atoms with Crippen LogP contribution in [-0.4, -0.2) is 32.5 Å². The molecular weight excluding hydrogens is 497 g/mol. The van der Waals surface area contributed by atoms with Crippen molar-refractivity contribution in [2.75, 3.05) is 13.1 Å². The maximum Gasteiger partial charge on any atom is 0.126 e. The number of fused-ring (bicyclic) bond motifs is 1. The Balaban J connectivity index is 1.09. The van der Waals surface area contributed by atoms with E-state index in [0.29, 0.717) is 18.9 Å². The van der Waals surface area contributed by atoms with Crippen LogP contribution in [0.5, 0.6) is 0 Å². The van der Waals surface area contributed by atoms with E-state index in [1.807, 2.05) is 18.2 Å². The fourth-order valence-electron chi connectivity index (χ4n) is 6.21. The molecule has 0 bridgehead atoms. The number of benzene rings is 2. The summed E-state index contributed by atoms with van der Waals surface area (Å²) in [6.07, 6.45) is 9.49. The zero-order valence-corrected chi connectivity index (χ0v) is 23.4. The fourth-order valence-corrected chi connectivity index (χ4v) is 6.21. The summed E-state index contributed by atoms with van der Waals surface area (Å²) in [5, 5.41) is 0. The van der Waals surface area contributed by atoms with Crippen LogP contribution in [-0.2, 0) is 32.5 Å². The van der Waals surface area contributed by atoms with Gasteiger partial charge in [-0.15, -0.1) is 0 Å². The summed E-state index contributed by atoms with van der Waals surface area (Å²) in [6.45, 7) is 8.36. The molecular formula is C34H40FN5. The Labute approximate surface area is 236 Å². The van der Waals surface area contributed by atoms with Gasteiger partial charge in [-0.2, -0.15) is 0 Å². The van der Waals surface area contributed by atoms with Crippen molar-refractivity contribution in [2.45, 2.75) is 70.5 Å². The molecule has 1 saturated heterocycles. The minimum atomic E-state index is -0.172. The number of piperidine rings is 1. The highest BCUT2D eigenvalue weighted by atomic mass is 19.1. The van der Waals surface area contributed by atoms with E-state index in [1.165, 1.54) is 36.3 Å². The second-order valence-electron chi connectivity index (χ2n) is 11.6. The summed E-state index contributed by atoms with van der Waals surface area (Å²) in [6, 6.07) is 18.2. The molecule has 6 rings (SSSR count). The highest BCUT2D eigenvalue weighted by Gasteiger charge is 2.25. The largest absolute Gasteiger partial charge is 0.327 e. The molecule has 2 aliphatic rings. The van der Waals surface area contributed by atoms with Gasteiger partial charge in [-0.25, -0.2) is 9.37 Å². The van der Waals surface area contributed by atoms with Crippen LogP contribution in [0.2, 0.25) is 0 Å². The SMILES string of the molecule is C=Cc1ccc2nc(CN3CCC(c4cccc(CCc5ccc(CN)cc5F)n4)CC3)n(CC3CCC3)c2c1. The number of aromatic nitrogens is 3. The van der Waals surface area contributed by atoms with Crippen LogP contribution in [0.15, 0.2) is 61.2 Å². The van der Waals surface area contributed by atoms with E-state index in [9.17, 15) is 4.39 Å². The summed E-state index contributed by atoms with van der Waals surface area (Å²) < 4.78 is 16.9. The molecule has 0 spiro atoms. The van der Waals surface area contributed by atoms with Crippen molar-refractivity contribution >= 4 is 17.1 Å². The van der Waals surface area contributed by atoms with Gasteiger partial charge in [-0.05, 0) is 105 Å². The molecule has 1 aliphatic heterocycles. The Bertz CT molecular complexity index is 1480. The highest BCUT2D eigenvalue weighted by molar-refractivity contribution is 5.79. The number of hydrogen-bond donors (Lipinski definition) is 1. The standard InChI is InChI=1S/C34H40FN5/c1-2-24-10-14-32-33(20-24)40(22-25-5-3-6-25)34(38-32)23-39-17-15-28(16-18-39)31-8-4-7-29(37-31)13-12-27-11-9-26(21-36)19-30(27)35/h2,4,7-11,14,19-20,25,28H,1,3,5-6,12-13,15-18,21-23,36H2. The maximum absolute atomic E-state index is 14.4. The average Bonchev–Trinajstić information content (AvgIpc) is 3.30. The number of likely N-dealkylation sites (tertiary alicyclic amines) is 1. The average molecular weight is 538 g/mol. The third-order valence-electron chi connectivity index (χ3n) is 8.96. The predicted octanol–water partition coefficient (Wildman–Crippen LogP) is 6.64. The first-order chi connectivity index (χ1) is 19.6. The molecule has 2 fully saturated rings. The lowest BCUT2D eigenvalue weighted by Gasteiger charge is -2.32. The number of hydrogen-bond acceptors (Lipinski definition) is 4. The van der Waals surface area contributed by atoms with Gasteiger partial charge in [0.1, 0.15) is 11.6 Å². The summed E-state index contributed by atoms with van der Waals surface area (Å²) >= 11 is 0. The molecule has 3 heterocycles. The van der Waals surface area contributed by atoms with Crippen LogP contribution in [0.1, 0.15) is 71.9 Å². The van der Waals surface area contributed by atoms with E-state index >= 15 is 0 Å². The molecule has 5 nitrogen and oxygen atoms in total. The lowest BCUT2D eigenvalue weighted by atomic mass is 9.85. The normalized spacial score (nSPS) is 16.9. The Morgan fingerprint density at radius 3 is 2.55 bits per heavy atom. The molecule has 0 radical (unpaired) electrons. The van der Waals surface area contributed by atoms with Crippen LogP contribution >= 0.6 is 0 Å². The summed E-state index contributed by atoms with van der Waals surface area (Å²) in [5.41, 5.74) is 12.9. The van der Waals surface area contributed by atoms with Gasteiger partial charge in [-0.3, -0.25) is 9.88 Å². The summed E-state index contributed by atoms with van der Waals surface area (Å²) in [4.78, 5) is 12.6. The molecule has 0 amide bonds. The molecule has 2 aromatic heterocycles. The molecule has 4 aromatic rings. The van der Waals surface area contributed by atoms with Crippen molar-refractivity contribution < 1.29 is 4.39 Å². The van der Waals surface area contributed by atoms with Crippen LogP contribution < -0.4 is 5.73 Å². The van der Waals surface area contributed by atoms with Gasteiger partial charge in [0.2, 0.25) is 0 Å². The Kier molecular flexibility index (Phi) is 8.08. The molecule has 2 aromatic carbocycles. The van der Waals surface area contributed by atoms with Crippen molar-refractivity contribution in [1.29, 1.82) is 0 Å². The van der Waals surface area contributed by atoms with E-state index in [-0.39, 0.29) is 5.82 Å². The van der Waals surface area contributed by atoms with E-state index in [4.69, 9.17) is 15.7 Å². The first kappa shape index (κ1) is 26.9. The molecule has 0 unspecified atom stereocenters. The maximum atomic E-state index is 14.4. The molecule has 0 atom stereocenters. The lowest BCUT2D eigenvalue weighted by molar-refractivity contribution is 0.193. The number of nitrogens with zero attached hydrogens (tertiary/aromatic N) is 4. The molecule has 1 saturated carbocycles. The van der Waals surface area contributed by atoms with Gasteiger partial charge in [-0.1, -0.05) is 43.3 Å². The monoisotopic (exact) mass is 537 g/mol. The zero-order valence-electron chi connectivity index (χ0n) is 23.4. The van der Waals surface area contributed by atoms with Crippen molar-refractivity contribution in [3.05, 3.63) is 101 Å². The fraction of sp³-hybridized carbons (Fsp3) is 0.412. The summed E-state index contributed by atoms with van der Waals surface area (Å²) in [7, 11) is 0. The lowest BCUT2D eigenvalue weighted by Crippen LogP contribution is -2.34. The van der Waals surface area contributed by atoms with Gasteiger partial charge < -0.3 is 10.3 Å². The Morgan fingerprint density at radius 1 is 0.975 bits per heavy atom.